The standard InChI is InChI=1S/C53H106N6O5/c1-6-9-12-15-18-27-34-46-63-51(60)38-30-23-19-25-32-42-59(44-35-40-55-53(57-49-54)56-41-47-62-48-45-58(4)5)43-33-26-20-24-31-39-52(61)64-50(36-28-21-16-13-10-7-2)37-29-22-17-14-11-8-3/h50,53,55-57H,6-48H2,1-5H3. The largest absolute Gasteiger partial charge is 0.466 e. The number of likely N-dealkylation sites (N-methyl/N-ethyl adjacent to an activating group) is 1. The Morgan fingerprint density at radius 1 is 0.500 bits per heavy atom. The lowest BCUT2D eigenvalue weighted by Crippen LogP contribution is -2.52. The van der Waals surface area contributed by atoms with Gasteiger partial charge in [0.2, 0.25) is 0 Å². The molecular weight excluding hydrogens is 801 g/mol. The minimum absolute atomic E-state index is 0.0104. The molecule has 0 spiro atoms. The van der Waals surface area contributed by atoms with Crippen LogP contribution < -0.4 is 16.0 Å². The molecule has 0 aliphatic rings. The molecule has 0 saturated heterocycles. The lowest BCUT2D eigenvalue weighted by molar-refractivity contribution is -0.150. The zero-order valence-corrected chi connectivity index (χ0v) is 42.9. The average Bonchev–Trinajstić information content (AvgIpc) is 3.28. The summed E-state index contributed by atoms with van der Waals surface area (Å²) in [7, 11) is 4.07. The van der Waals surface area contributed by atoms with Gasteiger partial charge in [0.15, 0.2) is 6.19 Å². The summed E-state index contributed by atoms with van der Waals surface area (Å²) in [6.45, 7) is 14.1. The molecule has 0 fully saturated rings. The van der Waals surface area contributed by atoms with E-state index in [0.29, 0.717) is 39.2 Å². The van der Waals surface area contributed by atoms with Crippen molar-refractivity contribution < 1.29 is 23.8 Å². The fourth-order valence-corrected chi connectivity index (χ4v) is 8.15. The first-order valence-corrected chi connectivity index (χ1v) is 27.3. The molecule has 0 amide bonds. The number of hydrogen-bond acceptors (Lipinski definition) is 11. The summed E-state index contributed by atoms with van der Waals surface area (Å²) in [5, 5.41) is 18.9. The molecule has 0 aromatic heterocycles. The van der Waals surface area contributed by atoms with Crippen LogP contribution in [0.4, 0.5) is 0 Å². The van der Waals surface area contributed by atoms with E-state index in [2.05, 4.69) is 52.7 Å². The summed E-state index contributed by atoms with van der Waals surface area (Å²) in [6.07, 6.45) is 40.8. The van der Waals surface area contributed by atoms with Gasteiger partial charge in [0, 0.05) is 25.9 Å². The van der Waals surface area contributed by atoms with Gasteiger partial charge in [-0.3, -0.25) is 25.5 Å². The summed E-state index contributed by atoms with van der Waals surface area (Å²) in [5.74, 6) is -0.0241. The molecule has 0 aromatic carbocycles. The Labute approximate surface area is 396 Å². The summed E-state index contributed by atoms with van der Waals surface area (Å²) in [6, 6.07) is 0. The number of carbonyl (C=O) groups is 2. The number of nitrogens with zero attached hydrogens (tertiary/aromatic N) is 3. The molecule has 0 aliphatic carbocycles. The van der Waals surface area contributed by atoms with E-state index in [9.17, 15) is 14.9 Å². The normalized spacial score (nSPS) is 12.0. The highest BCUT2D eigenvalue weighted by molar-refractivity contribution is 5.69. The number of carbonyl (C=O) groups excluding carboxylic acids is 2. The zero-order valence-electron chi connectivity index (χ0n) is 42.9. The topological polar surface area (TPSA) is 128 Å². The summed E-state index contributed by atoms with van der Waals surface area (Å²) >= 11 is 0. The molecule has 3 N–H and O–H groups in total. The van der Waals surface area contributed by atoms with E-state index in [1.54, 1.807) is 0 Å². The van der Waals surface area contributed by atoms with Crippen LogP contribution in [0.2, 0.25) is 0 Å². The second-order valence-electron chi connectivity index (χ2n) is 18.8. The van der Waals surface area contributed by atoms with Crippen molar-refractivity contribution in [2.75, 3.05) is 73.2 Å². The average molecular weight is 907 g/mol. The van der Waals surface area contributed by atoms with E-state index >= 15 is 0 Å². The van der Waals surface area contributed by atoms with E-state index in [1.165, 1.54) is 122 Å². The van der Waals surface area contributed by atoms with Crippen molar-refractivity contribution in [3.05, 3.63) is 0 Å². The van der Waals surface area contributed by atoms with Crippen LogP contribution in [0, 0.1) is 11.5 Å². The van der Waals surface area contributed by atoms with Gasteiger partial charge in [-0.1, -0.05) is 162 Å². The van der Waals surface area contributed by atoms with Crippen molar-refractivity contribution in [2.24, 2.45) is 0 Å². The molecule has 0 radical (unpaired) electrons. The first-order chi connectivity index (χ1) is 31.4. The summed E-state index contributed by atoms with van der Waals surface area (Å²) in [5.41, 5.74) is 0. The highest BCUT2D eigenvalue weighted by Crippen LogP contribution is 2.19. The highest BCUT2D eigenvalue weighted by atomic mass is 16.5. The SMILES string of the molecule is CCCCCCCCCOC(=O)CCCCCCCN(CCCCCCCC(=O)OC(CCCCCCCC)CCCCCCCC)CCCNC(NC#N)NCCOCCN(C)C. The second-order valence-corrected chi connectivity index (χ2v) is 18.8. The van der Waals surface area contributed by atoms with Crippen molar-refractivity contribution in [3.8, 4) is 6.19 Å². The van der Waals surface area contributed by atoms with Crippen LogP contribution in [-0.2, 0) is 23.8 Å². The Morgan fingerprint density at radius 2 is 0.953 bits per heavy atom. The first kappa shape index (κ1) is 62.0. The van der Waals surface area contributed by atoms with Crippen LogP contribution in [-0.4, -0.2) is 107 Å². The number of esters is 2. The van der Waals surface area contributed by atoms with Crippen LogP contribution in [0.1, 0.15) is 239 Å². The van der Waals surface area contributed by atoms with Crippen molar-refractivity contribution in [2.45, 2.75) is 251 Å². The third kappa shape index (κ3) is 46.6. The van der Waals surface area contributed by atoms with Crippen LogP contribution >= 0.6 is 0 Å². The highest BCUT2D eigenvalue weighted by Gasteiger charge is 2.15. The number of rotatable bonds is 52. The van der Waals surface area contributed by atoms with E-state index in [-0.39, 0.29) is 24.3 Å². The Bertz CT molecular complexity index is 1010. The summed E-state index contributed by atoms with van der Waals surface area (Å²) < 4.78 is 17.3. The molecule has 0 saturated carbocycles. The zero-order chi connectivity index (χ0) is 46.8. The number of ether oxygens (including phenoxy) is 3. The maximum atomic E-state index is 12.9. The molecular formula is C53H106N6O5. The van der Waals surface area contributed by atoms with E-state index in [1.807, 2.05) is 14.1 Å². The minimum atomic E-state index is -0.280. The molecule has 1 unspecified atom stereocenters. The Balaban J connectivity index is 4.67. The predicted octanol–water partition coefficient (Wildman–Crippen LogP) is 12.2. The van der Waals surface area contributed by atoms with Gasteiger partial charge in [0.25, 0.3) is 0 Å². The maximum absolute atomic E-state index is 12.9. The number of unbranched alkanes of at least 4 members (excludes halogenated alkanes) is 24. The van der Waals surface area contributed by atoms with Gasteiger partial charge < -0.3 is 24.0 Å². The Morgan fingerprint density at radius 3 is 1.48 bits per heavy atom. The first-order valence-electron chi connectivity index (χ1n) is 27.3. The molecule has 64 heavy (non-hydrogen) atoms. The van der Waals surface area contributed by atoms with Crippen LogP contribution in [0.5, 0.6) is 0 Å². The number of nitriles is 1. The van der Waals surface area contributed by atoms with E-state index in [4.69, 9.17) is 14.2 Å². The van der Waals surface area contributed by atoms with Crippen LogP contribution in [0.25, 0.3) is 0 Å². The van der Waals surface area contributed by atoms with Gasteiger partial charge in [0.05, 0.1) is 19.8 Å². The van der Waals surface area contributed by atoms with Gasteiger partial charge in [-0.25, -0.2) is 0 Å². The van der Waals surface area contributed by atoms with Crippen molar-refractivity contribution >= 4 is 11.9 Å². The van der Waals surface area contributed by atoms with Crippen molar-refractivity contribution in [1.29, 1.82) is 5.26 Å². The predicted molar refractivity (Wildman–Crippen MR) is 269 cm³/mol. The van der Waals surface area contributed by atoms with Crippen LogP contribution in [0.15, 0.2) is 0 Å². The maximum Gasteiger partial charge on any atom is 0.306 e. The molecule has 0 aliphatic heterocycles. The quantitative estimate of drug-likeness (QED) is 0.0177. The molecule has 0 aromatic rings. The van der Waals surface area contributed by atoms with Gasteiger partial charge in [-0.05, 0) is 104 Å². The molecule has 1 atom stereocenters. The fraction of sp³-hybridized carbons (Fsp3) is 0.943. The van der Waals surface area contributed by atoms with Gasteiger partial charge >= 0.3 is 11.9 Å². The fourth-order valence-electron chi connectivity index (χ4n) is 8.15. The third-order valence-corrected chi connectivity index (χ3v) is 12.3. The lowest BCUT2D eigenvalue weighted by atomic mass is 10.0. The van der Waals surface area contributed by atoms with Crippen molar-refractivity contribution in [3.63, 3.8) is 0 Å². The van der Waals surface area contributed by atoms with Gasteiger partial charge in [0.1, 0.15) is 12.4 Å². The molecule has 0 bridgehead atoms. The Kier molecular flexibility index (Phi) is 48.9. The van der Waals surface area contributed by atoms with E-state index < -0.39 is 0 Å². The van der Waals surface area contributed by atoms with Gasteiger partial charge in [-0.15, -0.1) is 0 Å². The number of hydrogen-bond donors (Lipinski definition) is 3. The minimum Gasteiger partial charge on any atom is -0.466 e. The molecule has 11 nitrogen and oxygen atoms in total. The van der Waals surface area contributed by atoms with Crippen LogP contribution in [0.3, 0.4) is 0 Å². The summed E-state index contributed by atoms with van der Waals surface area (Å²) in [4.78, 5) is 29.8. The van der Waals surface area contributed by atoms with Gasteiger partial charge in [-0.2, -0.15) is 5.26 Å². The van der Waals surface area contributed by atoms with E-state index in [0.717, 1.165) is 116 Å². The van der Waals surface area contributed by atoms with Crippen molar-refractivity contribution in [1.82, 2.24) is 25.8 Å². The Hall–Kier alpha value is -1.97. The molecule has 0 heterocycles. The number of nitrogens with one attached hydrogen (secondary N) is 3. The molecule has 11 heteroatoms. The molecule has 378 valence electrons. The second kappa shape index (κ2) is 50.4. The third-order valence-electron chi connectivity index (χ3n) is 12.3. The molecule has 0 rings (SSSR count). The monoisotopic (exact) mass is 907 g/mol. The smallest absolute Gasteiger partial charge is 0.306 e. The lowest BCUT2D eigenvalue weighted by Gasteiger charge is -2.24.